The summed E-state index contributed by atoms with van der Waals surface area (Å²) in [6.07, 6.45) is 1.49. The number of hydrogen-bond donors (Lipinski definition) is 0. The van der Waals surface area contributed by atoms with E-state index in [1.54, 1.807) is 28.4 Å². The fraction of sp³-hybridized carbons (Fsp3) is 1.00. The van der Waals surface area contributed by atoms with Gasteiger partial charge in [0.25, 0.3) is 0 Å². The minimum absolute atomic E-state index is 0.0733. The highest BCUT2D eigenvalue weighted by Gasteiger charge is 2.38. The zero-order chi connectivity index (χ0) is 18.2. The van der Waals surface area contributed by atoms with Crippen LogP contribution in [0, 0.1) is 23.7 Å². The fourth-order valence-corrected chi connectivity index (χ4v) is 4.25. The maximum atomic E-state index is 5.89. The van der Waals surface area contributed by atoms with Gasteiger partial charge in [-0.25, -0.2) is 0 Å². The van der Waals surface area contributed by atoms with Crippen LogP contribution < -0.4 is 0 Å². The van der Waals surface area contributed by atoms with Crippen LogP contribution in [-0.4, -0.2) is 52.9 Å². The van der Waals surface area contributed by atoms with Gasteiger partial charge in [0.15, 0.2) is 0 Å². The first kappa shape index (κ1) is 22.8. The lowest BCUT2D eigenvalue weighted by Crippen LogP contribution is -2.46. The molecule has 0 spiro atoms. The summed E-state index contributed by atoms with van der Waals surface area (Å²) >= 11 is 0. The standard InChI is InChI=1S/C19H40O4/c1-11-16(20-7)13(4)18(22-9)15(6)19(23-10)14(5)17(21-8)12(2)3/h12-19H,11H2,1-10H3. The predicted octanol–water partition coefficient (Wildman–Crippen LogP) is 4.02. The molecule has 0 heterocycles. The normalized spacial score (nSPS) is 21.5. The Balaban J connectivity index is 5.25. The highest BCUT2D eigenvalue weighted by atomic mass is 16.5. The van der Waals surface area contributed by atoms with E-state index in [0.717, 1.165) is 6.42 Å². The lowest BCUT2D eigenvalue weighted by atomic mass is 9.78. The van der Waals surface area contributed by atoms with Crippen LogP contribution in [-0.2, 0) is 18.9 Å². The maximum Gasteiger partial charge on any atom is 0.0672 e. The Morgan fingerprint density at radius 2 is 0.957 bits per heavy atom. The van der Waals surface area contributed by atoms with E-state index in [4.69, 9.17) is 18.9 Å². The molecule has 4 heteroatoms. The third-order valence-electron chi connectivity index (χ3n) is 5.36. The van der Waals surface area contributed by atoms with Crippen LogP contribution in [0.2, 0.25) is 0 Å². The molecule has 0 radical (unpaired) electrons. The molecule has 0 saturated carbocycles. The van der Waals surface area contributed by atoms with Crippen LogP contribution in [0.4, 0.5) is 0 Å². The summed E-state index contributed by atoms with van der Waals surface area (Å²) in [7, 11) is 7.13. The Bertz CT molecular complexity index is 291. The van der Waals surface area contributed by atoms with Crippen molar-refractivity contribution in [1.29, 1.82) is 0 Å². The van der Waals surface area contributed by atoms with Crippen LogP contribution in [0.5, 0.6) is 0 Å². The molecule has 0 amide bonds. The molecule has 4 nitrogen and oxygen atoms in total. The molecule has 0 N–H and O–H groups in total. The second-order valence-corrected chi connectivity index (χ2v) is 7.10. The average molecular weight is 333 g/mol. The summed E-state index contributed by atoms with van der Waals surface area (Å²) in [5.41, 5.74) is 0. The molecule has 140 valence electrons. The molecule has 0 bridgehead atoms. The van der Waals surface area contributed by atoms with Gasteiger partial charge in [-0.2, -0.15) is 0 Å². The molecule has 0 aliphatic rings. The molecule has 0 aliphatic carbocycles. The molecule has 0 aromatic carbocycles. The van der Waals surface area contributed by atoms with Crippen LogP contribution >= 0.6 is 0 Å². The van der Waals surface area contributed by atoms with Gasteiger partial charge in [-0.05, 0) is 12.3 Å². The number of ether oxygens (including phenoxy) is 4. The first-order chi connectivity index (χ1) is 10.8. The second-order valence-electron chi connectivity index (χ2n) is 7.10. The van der Waals surface area contributed by atoms with E-state index in [0.29, 0.717) is 11.8 Å². The van der Waals surface area contributed by atoms with E-state index < -0.39 is 0 Å². The van der Waals surface area contributed by atoms with Crippen molar-refractivity contribution in [2.24, 2.45) is 23.7 Å². The van der Waals surface area contributed by atoms with Crippen molar-refractivity contribution in [2.75, 3.05) is 28.4 Å². The summed E-state index contributed by atoms with van der Waals surface area (Å²) in [5.74, 6) is 1.28. The molecule has 0 saturated heterocycles. The predicted molar refractivity (Wildman–Crippen MR) is 95.8 cm³/mol. The minimum Gasteiger partial charge on any atom is -0.381 e. The van der Waals surface area contributed by atoms with Gasteiger partial charge in [0.2, 0.25) is 0 Å². The Kier molecular flexibility index (Phi) is 11.3. The molecule has 0 aromatic rings. The van der Waals surface area contributed by atoms with Crippen molar-refractivity contribution in [3.05, 3.63) is 0 Å². The van der Waals surface area contributed by atoms with Crippen molar-refractivity contribution in [2.45, 2.75) is 72.4 Å². The maximum absolute atomic E-state index is 5.89. The smallest absolute Gasteiger partial charge is 0.0672 e. The Morgan fingerprint density at radius 1 is 0.565 bits per heavy atom. The van der Waals surface area contributed by atoms with E-state index in [2.05, 4.69) is 41.5 Å². The fourth-order valence-electron chi connectivity index (χ4n) is 4.25. The van der Waals surface area contributed by atoms with Gasteiger partial charge in [0.1, 0.15) is 0 Å². The Hall–Kier alpha value is -0.160. The Labute approximate surface area is 144 Å². The molecule has 0 aliphatic heterocycles. The van der Waals surface area contributed by atoms with Gasteiger partial charge in [0, 0.05) is 46.2 Å². The third kappa shape index (κ3) is 6.00. The lowest BCUT2D eigenvalue weighted by Gasteiger charge is -2.40. The van der Waals surface area contributed by atoms with E-state index in [-0.39, 0.29) is 36.3 Å². The molecular formula is C19H40O4. The first-order valence-corrected chi connectivity index (χ1v) is 8.91. The van der Waals surface area contributed by atoms with Crippen LogP contribution in [0.25, 0.3) is 0 Å². The molecule has 0 fully saturated rings. The van der Waals surface area contributed by atoms with Gasteiger partial charge < -0.3 is 18.9 Å². The van der Waals surface area contributed by atoms with Crippen molar-refractivity contribution in [3.63, 3.8) is 0 Å². The quantitative estimate of drug-likeness (QED) is 0.541. The van der Waals surface area contributed by atoms with Gasteiger partial charge in [-0.1, -0.05) is 41.5 Å². The highest BCUT2D eigenvalue weighted by molar-refractivity contribution is 4.87. The van der Waals surface area contributed by atoms with Crippen molar-refractivity contribution in [3.8, 4) is 0 Å². The largest absolute Gasteiger partial charge is 0.381 e. The zero-order valence-electron chi connectivity index (χ0n) is 17.0. The number of methoxy groups -OCH3 is 4. The number of hydrogen-bond acceptors (Lipinski definition) is 4. The summed E-state index contributed by atoms with van der Waals surface area (Å²) in [4.78, 5) is 0. The minimum atomic E-state index is 0.0733. The molecule has 23 heavy (non-hydrogen) atoms. The first-order valence-electron chi connectivity index (χ1n) is 8.91. The second kappa shape index (κ2) is 11.4. The van der Waals surface area contributed by atoms with Crippen molar-refractivity contribution in [1.82, 2.24) is 0 Å². The average Bonchev–Trinajstić information content (AvgIpc) is 2.50. The highest BCUT2D eigenvalue weighted by Crippen LogP contribution is 2.32. The van der Waals surface area contributed by atoms with E-state index in [9.17, 15) is 0 Å². The van der Waals surface area contributed by atoms with Gasteiger partial charge in [-0.3, -0.25) is 0 Å². The van der Waals surface area contributed by atoms with Gasteiger partial charge in [0.05, 0.1) is 24.4 Å². The van der Waals surface area contributed by atoms with Gasteiger partial charge in [-0.15, -0.1) is 0 Å². The molecule has 7 atom stereocenters. The summed E-state index contributed by atoms with van der Waals surface area (Å²) < 4.78 is 23.1. The zero-order valence-corrected chi connectivity index (χ0v) is 17.0. The lowest BCUT2D eigenvalue weighted by molar-refractivity contribution is -0.117. The van der Waals surface area contributed by atoms with Crippen LogP contribution in [0.3, 0.4) is 0 Å². The van der Waals surface area contributed by atoms with Gasteiger partial charge >= 0.3 is 0 Å². The van der Waals surface area contributed by atoms with Crippen LogP contribution in [0.15, 0.2) is 0 Å². The van der Waals surface area contributed by atoms with E-state index in [1.807, 2.05) is 0 Å². The molecule has 7 unspecified atom stereocenters. The number of rotatable bonds is 12. The van der Waals surface area contributed by atoms with Crippen molar-refractivity contribution >= 4 is 0 Å². The summed E-state index contributed by atoms with van der Waals surface area (Å²) in [5, 5.41) is 0. The topological polar surface area (TPSA) is 36.9 Å². The van der Waals surface area contributed by atoms with E-state index >= 15 is 0 Å². The molecule has 0 aromatic heterocycles. The molecule has 0 rings (SSSR count). The SMILES string of the molecule is CCC(OC)C(C)C(OC)C(C)C(OC)C(C)C(OC)C(C)C. The van der Waals surface area contributed by atoms with E-state index in [1.165, 1.54) is 0 Å². The summed E-state index contributed by atoms with van der Waals surface area (Å²) in [6, 6.07) is 0. The monoisotopic (exact) mass is 332 g/mol. The van der Waals surface area contributed by atoms with Crippen molar-refractivity contribution < 1.29 is 18.9 Å². The third-order valence-corrected chi connectivity index (χ3v) is 5.36. The summed E-state index contributed by atoms with van der Waals surface area (Å²) in [6.45, 7) is 13.2. The molecular weight excluding hydrogens is 292 g/mol. The Morgan fingerprint density at radius 3 is 1.26 bits per heavy atom. The van der Waals surface area contributed by atoms with Crippen LogP contribution in [0.1, 0.15) is 48.0 Å².